The molecule has 0 saturated heterocycles. The van der Waals surface area contributed by atoms with Gasteiger partial charge in [-0.25, -0.2) is 29.3 Å². The summed E-state index contributed by atoms with van der Waals surface area (Å²) in [4.78, 5) is 89.9. The lowest BCUT2D eigenvalue weighted by atomic mass is 10.1. The molecule has 28 heteroatoms. The van der Waals surface area contributed by atoms with Crippen molar-refractivity contribution in [3.63, 3.8) is 0 Å². The number of anilines is 1. The van der Waals surface area contributed by atoms with Crippen LogP contribution >= 0.6 is 23.5 Å². The van der Waals surface area contributed by atoms with Gasteiger partial charge in [-0.15, -0.1) is 24.9 Å². The molecule has 8 aromatic carbocycles. The SMILES string of the molecule is C.C=CCNC(=O)OC.C=CCOC.CN(C)Cc1ccccc1.CN(C)c1ccccc1.CNC(=O)Cc1ccccc1.CNC(=O)OCc1ccccc1.CNC(=O)c1ccccc1.COC(=O)Cc1ccc(OC)cc1.COC(=O)NCc1ccccc1.COC(C)=O.COCOCc1ccccc1.CSc1ccccn1.CSc1ncccn1. The first-order chi connectivity index (χ1) is 59.0. The van der Waals surface area contributed by atoms with E-state index in [-0.39, 0.29) is 31.2 Å². The van der Waals surface area contributed by atoms with E-state index in [0.29, 0.717) is 58.1 Å². The van der Waals surface area contributed by atoms with Crippen molar-refractivity contribution >= 4 is 71.2 Å². The number of benzene rings is 8. The molecular weight excluding hydrogens is 1600 g/mol. The minimum Gasteiger partial charge on any atom is -0.497 e. The number of alkyl carbamates (subject to hydrolysis) is 3. The Morgan fingerprint density at radius 2 is 0.886 bits per heavy atom. The molecule has 0 aliphatic carbocycles. The number of ether oxygens (including phenoxy) is 9. The van der Waals surface area contributed by atoms with Gasteiger partial charge in [-0.3, -0.25) is 19.2 Å². The predicted octanol–water partition coefficient (Wildman–Crippen LogP) is 17.0. The topological polar surface area (TPSA) is 308 Å². The van der Waals surface area contributed by atoms with Crippen LogP contribution in [-0.2, 0) is 91.4 Å². The van der Waals surface area contributed by atoms with Crippen molar-refractivity contribution in [2.45, 2.75) is 63.7 Å². The smallest absolute Gasteiger partial charge is 0.407 e. The van der Waals surface area contributed by atoms with Crippen LogP contribution in [0, 0.1) is 0 Å². The quantitative estimate of drug-likeness (QED) is 0.00756. The van der Waals surface area contributed by atoms with Gasteiger partial charge in [-0.05, 0) is 115 Å². The molecule has 0 aliphatic heterocycles. The molecule has 0 atom stereocenters. The number of esters is 2. The molecule has 10 aromatic rings. The molecule has 10 rings (SSSR count). The number of thioether (sulfide) groups is 2. The second-order valence-electron chi connectivity index (χ2n) is 23.9. The van der Waals surface area contributed by atoms with Gasteiger partial charge in [-0.2, -0.15) is 0 Å². The summed E-state index contributed by atoms with van der Waals surface area (Å²) in [6.45, 7) is 12.1. The van der Waals surface area contributed by atoms with Gasteiger partial charge in [0.25, 0.3) is 5.91 Å². The van der Waals surface area contributed by atoms with Crippen molar-refractivity contribution in [2.24, 2.45) is 0 Å². The lowest BCUT2D eigenvalue weighted by molar-refractivity contribution is -0.140. The van der Waals surface area contributed by atoms with Crippen molar-refractivity contribution in [1.82, 2.24) is 46.4 Å². The first-order valence-corrected chi connectivity index (χ1v) is 40.2. The average Bonchev–Trinajstić information content (AvgIpc) is 0.937. The van der Waals surface area contributed by atoms with Gasteiger partial charge >= 0.3 is 30.2 Å². The normalized spacial score (nSPS) is 8.96. The number of pyridine rings is 1. The van der Waals surface area contributed by atoms with E-state index in [1.807, 2.05) is 233 Å². The van der Waals surface area contributed by atoms with Crippen molar-refractivity contribution in [1.29, 1.82) is 0 Å². The summed E-state index contributed by atoms with van der Waals surface area (Å²) >= 11 is 3.20. The summed E-state index contributed by atoms with van der Waals surface area (Å²) in [6.07, 6.45) is 12.1. The highest BCUT2D eigenvalue weighted by atomic mass is 32.2. The number of likely N-dealkylation sites (N-methyl/N-ethyl adjacent to an activating group) is 1. The third kappa shape index (κ3) is 74.1. The monoisotopic (exact) mass is 1730 g/mol. The molecule has 123 heavy (non-hydrogen) atoms. The third-order valence-electron chi connectivity index (χ3n) is 14.0. The number of hydrogen-bond donors (Lipinski definition) is 5. The highest BCUT2D eigenvalue weighted by Crippen LogP contribution is 2.13. The first kappa shape index (κ1) is 117. The van der Waals surface area contributed by atoms with E-state index in [9.17, 15) is 33.6 Å². The van der Waals surface area contributed by atoms with Crippen LogP contribution in [0.2, 0.25) is 0 Å². The molecular formula is C95H130N10O16S2. The molecule has 5 N–H and O–H groups in total. The van der Waals surface area contributed by atoms with Crippen LogP contribution in [-0.4, -0.2) is 193 Å². The fourth-order valence-corrected chi connectivity index (χ4v) is 8.63. The number of carbonyl (C=O) groups is 7. The van der Waals surface area contributed by atoms with Gasteiger partial charge in [0.05, 0.1) is 66.6 Å². The van der Waals surface area contributed by atoms with E-state index in [0.717, 1.165) is 44.7 Å². The number of nitrogens with one attached hydrogen (secondary N) is 5. The second-order valence-corrected chi connectivity index (χ2v) is 25.5. The van der Waals surface area contributed by atoms with Crippen molar-refractivity contribution in [3.05, 3.63) is 344 Å². The number of hydrogen-bond acceptors (Lipinski definition) is 23. The minimum absolute atomic E-state index is 0. The molecule has 2 heterocycles. The first-order valence-electron chi connectivity index (χ1n) is 37.8. The van der Waals surface area contributed by atoms with Gasteiger partial charge in [0.15, 0.2) is 5.16 Å². The number of carbonyl (C=O) groups excluding carboxylic acids is 7. The maximum absolute atomic E-state index is 10.9. The third-order valence-corrected chi connectivity index (χ3v) is 15.2. The van der Waals surface area contributed by atoms with Gasteiger partial charge < -0.3 is 79.0 Å². The highest BCUT2D eigenvalue weighted by Gasteiger charge is 2.04. The van der Waals surface area contributed by atoms with Crippen LogP contribution in [0.3, 0.4) is 0 Å². The van der Waals surface area contributed by atoms with Crippen LogP contribution in [0.1, 0.15) is 58.1 Å². The van der Waals surface area contributed by atoms with E-state index < -0.39 is 18.3 Å². The van der Waals surface area contributed by atoms with Crippen LogP contribution in [0.15, 0.2) is 315 Å². The summed E-state index contributed by atoms with van der Waals surface area (Å²) in [5.74, 6) is 0.320. The number of amides is 5. The maximum atomic E-state index is 10.9. The predicted molar refractivity (Wildman–Crippen MR) is 499 cm³/mol. The standard InChI is InChI=1S/C10H12O3.2C9H11NO2.C9H11NO.C9H13N.C9H12O2.C8H9NO.C8H11N.C6H7NS.C5H6N2S.C5H9NO2.C4H8O.C3H6O2.CH4/c1-12-9-5-3-8(4-6-9)7-10(11)13-2;1-12-9(11)10-7-8-5-3-2-4-6-8;1-10-9(11)12-7-8-5-3-2-4-6-8;1-10-9(11)7-8-5-3-2-4-6-8;1-10(2)8-9-6-4-3-5-7-9;1-10-8-11-7-9-5-3-2-4-6-9;1-9-8(10)7-5-3-2-4-6-7;1-9(2)8-6-4-3-5-7-8;1-8-6-4-2-3-5-7-6;1-8-5-6-3-2-4-7-5;1-3-4-6-5(7)8-2;1-3-4-5-2;1-3(4)5-2;/h3-6H,7H2,1-2H3;2*2-6H,7H2,1H3,(H,10,11);2-6H,7H2,1H3,(H,10,11);3-7H,8H2,1-2H3;2-6H,7-8H2,1H3;2-6H,1H3,(H,9,10);3-7H,1-2H3;2-5H,1H3;2-4H,1H3;3H,1,4H2,2H3,(H,6,7);3H,1,4H2,2H3;1-2H3;1H4. The van der Waals surface area contributed by atoms with Gasteiger partial charge in [0, 0.05) is 106 Å². The van der Waals surface area contributed by atoms with Crippen LogP contribution in [0.4, 0.5) is 20.1 Å². The fraction of sp³-hybridized carbons (Fsp3) is 0.284. The van der Waals surface area contributed by atoms with E-state index in [4.69, 9.17) is 18.9 Å². The van der Waals surface area contributed by atoms with Crippen molar-refractivity contribution in [3.8, 4) is 5.75 Å². The molecule has 0 spiro atoms. The Labute approximate surface area is 739 Å². The van der Waals surface area contributed by atoms with Crippen LogP contribution in [0.5, 0.6) is 5.75 Å². The second kappa shape index (κ2) is 84.3. The number of rotatable bonds is 23. The number of aromatic nitrogens is 3. The molecule has 0 unspecified atom stereocenters. The van der Waals surface area contributed by atoms with Gasteiger partial charge in [-0.1, -0.05) is 238 Å². The lowest BCUT2D eigenvalue weighted by Crippen LogP contribution is -2.22. The molecule has 668 valence electrons. The van der Waals surface area contributed by atoms with E-state index >= 15 is 0 Å². The zero-order valence-electron chi connectivity index (χ0n) is 73.6. The van der Waals surface area contributed by atoms with Gasteiger partial charge in [0.2, 0.25) is 5.91 Å². The molecule has 0 bridgehead atoms. The van der Waals surface area contributed by atoms with Crippen molar-refractivity contribution in [2.75, 3.05) is 136 Å². The summed E-state index contributed by atoms with van der Waals surface area (Å²) in [6, 6.07) is 83.7. The van der Waals surface area contributed by atoms with Crippen molar-refractivity contribution < 1.29 is 76.2 Å². The number of methoxy groups -OCH3 is 7. The van der Waals surface area contributed by atoms with E-state index in [1.165, 1.54) is 59.2 Å². The Balaban J connectivity index is -0.000000627. The lowest BCUT2D eigenvalue weighted by Gasteiger charge is -2.10. The fourth-order valence-electron chi connectivity index (χ4n) is 7.92. The molecule has 0 fully saturated rings. The molecule has 2 aromatic heterocycles. The molecule has 26 nitrogen and oxygen atoms in total. The largest absolute Gasteiger partial charge is 0.497 e. The molecule has 5 amide bonds. The zero-order chi connectivity index (χ0) is 91.3. The molecule has 0 aliphatic rings. The summed E-state index contributed by atoms with van der Waals surface area (Å²) < 4.78 is 41.6. The minimum atomic E-state index is -0.426. The average molecular weight is 1730 g/mol. The summed E-state index contributed by atoms with van der Waals surface area (Å²) in [5, 5.41) is 14.4. The van der Waals surface area contributed by atoms with Crippen LogP contribution in [0.25, 0.3) is 0 Å². The number of para-hydroxylation sites is 1. The zero-order valence-corrected chi connectivity index (χ0v) is 75.2. The molecule has 0 radical (unpaired) electrons. The van der Waals surface area contributed by atoms with E-state index in [1.54, 1.807) is 108 Å². The Kier molecular flexibility index (Phi) is 79.9. The Bertz CT molecular complexity index is 4060. The van der Waals surface area contributed by atoms with E-state index in [2.05, 4.69) is 139 Å². The summed E-state index contributed by atoms with van der Waals surface area (Å²) in [7, 11) is 23.3. The Hall–Kier alpha value is -12.7. The Morgan fingerprint density at radius 1 is 0.439 bits per heavy atom. The molecule has 0 saturated carbocycles. The highest BCUT2D eigenvalue weighted by molar-refractivity contribution is 7.98. The van der Waals surface area contributed by atoms with Gasteiger partial charge in [0.1, 0.15) is 19.1 Å². The maximum Gasteiger partial charge on any atom is 0.407 e. The summed E-state index contributed by atoms with van der Waals surface area (Å²) in [5.41, 5.74) is 8.50. The van der Waals surface area contributed by atoms with Crippen LogP contribution < -0.4 is 36.2 Å². The number of nitrogens with zero attached hydrogens (tertiary/aromatic N) is 5. The Morgan fingerprint density at radius 3 is 1.24 bits per heavy atom.